The van der Waals surface area contributed by atoms with Gasteiger partial charge < -0.3 is 65.1 Å². The van der Waals surface area contributed by atoms with E-state index in [1.54, 1.807) is 0 Å². The van der Waals surface area contributed by atoms with Crippen molar-refractivity contribution in [1.29, 1.82) is 0 Å². The molecule has 14 heteroatoms. The number of aliphatic hydroxyl groups excluding tert-OH is 8. The number of hydrogen-bond acceptors (Lipinski definition) is 13. The molecule has 0 aromatic carbocycles. The van der Waals surface area contributed by atoms with Crippen LogP contribution < -0.4 is 5.32 Å². The fourth-order valence-electron chi connectivity index (χ4n) is 10.8. The number of amides is 1. The maximum Gasteiger partial charge on any atom is 0.220 e. The van der Waals surface area contributed by atoms with Gasteiger partial charge >= 0.3 is 0 Å². The van der Waals surface area contributed by atoms with Gasteiger partial charge in [0.05, 0.1) is 32.0 Å². The lowest BCUT2D eigenvalue weighted by Gasteiger charge is -2.46. The van der Waals surface area contributed by atoms with Crippen LogP contribution in [0.5, 0.6) is 0 Å². The summed E-state index contributed by atoms with van der Waals surface area (Å²) in [4.78, 5) is 13.3. The molecule has 2 saturated heterocycles. The second kappa shape index (κ2) is 48.4. The number of carbonyl (C=O) groups is 1. The van der Waals surface area contributed by atoms with Crippen molar-refractivity contribution in [2.45, 2.75) is 357 Å². The molecular formula is C62H119NO13. The van der Waals surface area contributed by atoms with Crippen LogP contribution in [0.15, 0.2) is 12.2 Å². The number of aliphatic hydroxyl groups is 8. The molecule has 9 N–H and O–H groups in total. The van der Waals surface area contributed by atoms with Crippen LogP contribution in [0, 0.1) is 0 Å². The molecule has 14 nitrogen and oxygen atoms in total. The van der Waals surface area contributed by atoms with E-state index in [9.17, 15) is 45.6 Å². The second-order valence-electron chi connectivity index (χ2n) is 22.9. The topological polar surface area (TPSA) is 228 Å². The highest BCUT2D eigenvalue weighted by Gasteiger charge is 2.51. The smallest absolute Gasteiger partial charge is 0.220 e. The van der Waals surface area contributed by atoms with Crippen LogP contribution in [0.3, 0.4) is 0 Å². The van der Waals surface area contributed by atoms with Crippen molar-refractivity contribution in [3.8, 4) is 0 Å². The highest BCUT2D eigenvalue weighted by atomic mass is 16.7. The molecule has 2 aliphatic rings. The van der Waals surface area contributed by atoms with Crippen LogP contribution in [-0.2, 0) is 23.7 Å². The Hall–Kier alpha value is -1.27. The molecule has 76 heavy (non-hydrogen) atoms. The average Bonchev–Trinajstić information content (AvgIpc) is 3.42. The summed E-state index contributed by atoms with van der Waals surface area (Å²) in [5.41, 5.74) is 0. The van der Waals surface area contributed by atoms with E-state index in [1.807, 2.05) is 0 Å². The summed E-state index contributed by atoms with van der Waals surface area (Å²) in [6.45, 7) is 2.90. The molecule has 0 bridgehead atoms. The maximum atomic E-state index is 13.3. The van der Waals surface area contributed by atoms with E-state index in [-0.39, 0.29) is 12.5 Å². The number of rotatable bonds is 52. The van der Waals surface area contributed by atoms with Crippen molar-refractivity contribution >= 4 is 5.91 Å². The third-order valence-electron chi connectivity index (χ3n) is 16.0. The van der Waals surface area contributed by atoms with Gasteiger partial charge in [-0.15, -0.1) is 0 Å². The molecule has 1 amide bonds. The van der Waals surface area contributed by atoms with Crippen molar-refractivity contribution in [2.75, 3.05) is 19.8 Å². The molecule has 0 radical (unpaired) electrons. The van der Waals surface area contributed by atoms with Crippen molar-refractivity contribution < 1.29 is 64.6 Å². The Labute approximate surface area is 463 Å². The molecule has 0 aromatic heterocycles. The van der Waals surface area contributed by atoms with Gasteiger partial charge in [-0.25, -0.2) is 0 Å². The van der Waals surface area contributed by atoms with E-state index in [1.165, 1.54) is 205 Å². The Bertz CT molecular complexity index is 1330. The average molecular weight is 1090 g/mol. The third-order valence-corrected chi connectivity index (χ3v) is 16.0. The molecule has 12 atom stereocenters. The maximum absolute atomic E-state index is 13.3. The van der Waals surface area contributed by atoms with Gasteiger partial charge in [-0.1, -0.05) is 251 Å². The minimum Gasteiger partial charge on any atom is -0.394 e. The van der Waals surface area contributed by atoms with Crippen molar-refractivity contribution in [3.63, 3.8) is 0 Å². The molecular weight excluding hydrogens is 967 g/mol. The molecule has 2 aliphatic heterocycles. The molecule has 0 aromatic rings. The normalized spacial score (nSPS) is 24.9. The summed E-state index contributed by atoms with van der Waals surface area (Å²) >= 11 is 0. The molecule has 0 spiro atoms. The predicted molar refractivity (Wildman–Crippen MR) is 305 cm³/mol. The second-order valence-corrected chi connectivity index (χ2v) is 22.9. The first kappa shape index (κ1) is 70.8. The molecule has 450 valence electrons. The van der Waals surface area contributed by atoms with Gasteiger partial charge in [-0.05, 0) is 38.5 Å². The Morgan fingerprint density at radius 3 is 1.25 bits per heavy atom. The Morgan fingerprint density at radius 1 is 0.461 bits per heavy atom. The molecule has 12 unspecified atom stereocenters. The fraction of sp³-hybridized carbons (Fsp3) is 0.952. The van der Waals surface area contributed by atoms with E-state index in [0.717, 1.165) is 51.4 Å². The van der Waals surface area contributed by atoms with Gasteiger partial charge in [0, 0.05) is 6.42 Å². The lowest BCUT2D eigenvalue weighted by molar-refractivity contribution is -0.359. The first-order valence-corrected chi connectivity index (χ1v) is 31.9. The lowest BCUT2D eigenvalue weighted by Crippen LogP contribution is -2.65. The van der Waals surface area contributed by atoms with Gasteiger partial charge in [0.2, 0.25) is 5.91 Å². The van der Waals surface area contributed by atoms with Crippen molar-refractivity contribution in [1.82, 2.24) is 5.32 Å². The van der Waals surface area contributed by atoms with Crippen LogP contribution in [0.1, 0.15) is 284 Å². The molecule has 2 heterocycles. The zero-order valence-corrected chi connectivity index (χ0v) is 48.5. The van der Waals surface area contributed by atoms with Gasteiger partial charge in [0.1, 0.15) is 48.8 Å². The number of nitrogens with one attached hydrogen (secondary N) is 1. The summed E-state index contributed by atoms with van der Waals surface area (Å²) in [6.07, 6.45) is 39.2. The van der Waals surface area contributed by atoms with Gasteiger partial charge in [-0.2, -0.15) is 0 Å². The summed E-state index contributed by atoms with van der Waals surface area (Å²) in [5, 5.41) is 87.4. The number of ether oxygens (including phenoxy) is 4. The molecule has 2 fully saturated rings. The summed E-state index contributed by atoms with van der Waals surface area (Å²) < 4.78 is 22.9. The zero-order chi connectivity index (χ0) is 55.3. The lowest BCUT2D eigenvalue weighted by atomic mass is 9.97. The van der Waals surface area contributed by atoms with Crippen molar-refractivity contribution in [3.05, 3.63) is 12.2 Å². The van der Waals surface area contributed by atoms with Crippen LogP contribution in [0.25, 0.3) is 0 Å². The van der Waals surface area contributed by atoms with E-state index < -0.39 is 86.8 Å². The quantitative estimate of drug-likeness (QED) is 0.0204. The number of unbranched alkanes of at least 4 members (excludes halogenated alkanes) is 37. The number of hydrogen-bond donors (Lipinski definition) is 9. The first-order valence-electron chi connectivity index (χ1n) is 31.9. The van der Waals surface area contributed by atoms with Crippen LogP contribution in [0.2, 0.25) is 0 Å². The summed E-state index contributed by atoms with van der Waals surface area (Å²) in [7, 11) is 0. The van der Waals surface area contributed by atoms with Crippen LogP contribution >= 0.6 is 0 Å². The van der Waals surface area contributed by atoms with Gasteiger partial charge in [0.15, 0.2) is 12.6 Å². The highest BCUT2D eigenvalue weighted by molar-refractivity contribution is 5.76. The summed E-state index contributed by atoms with van der Waals surface area (Å²) in [5.74, 6) is -0.204. The molecule has 0 saturated carbocycles. The van der Waals surface area contributed by atoms with Gasteiger partial charge in [-0.3, -0.25) is 4.79 Å². The summed E-state index contributed by atoms with van der Waals surface area (Å²) in [6, 6.07) is -0.827. The van der Waals surface area contributed by atoms with Crippen LogP contribution in [0.4, 0.5) is 0 Å². The zero-order valence-electron chi connectivity index (χ0n) is 48.5. The number of allylic oxidation sites excluding steroid dienone is 2. The monoisotopic (exact) mass is 1090 g/mol. The SMILES string of the molecule is CCCCCCCC/C=C\CCCCCCCCCCCC(=O)NC(COC1OC(CO)C(OC2OC(CO)C(O)C(O)C2O)C(O)C1O)C(O)CCCCCCCCCCCCCCCCCCCCCCCCC. The highest BCUT2D eigenvalue weighted by Crippen LogP contribution is 2.30. The minimum absolute atomic E-state index is 0.204. The Kier molecular flexibility index (Phi) is 45.1. The van der Waals surface area contributed by atoms with E-state index >= 15 is 0 Å². The Balaban J connectivity index is 1.72. The fourth-order valence-corrected chi connectivity index (χ4v) is 10.8. The predicted octanol–water partition coefficient (Wildman–Crippen LogP) is 11.5. The minimum atomic E-state index is -1.78. The third kappa shape index (κ3) is 33.5. The molecule has 0 aliphatic carbocycles. The van der Waals surface area contributed by atoms with E-state index in [4.69, 9.17) is 18.9 Å². The first-order chi connectivity index (χ1) is 37.1. The van der Waals surface area contributed by atoms with Crippen molar-refractivity contribution in [2.24, 2.45) is 0 Å². The Morgan fingerprint density at radius 2 is 0.829 bits per heavy atom. The van der Waals surface area contributed by atoms with E-state index in [0.29, 0.717) is 12.8 Å². The number of carbonyl (C=O) groups excluding carboxylic acids is 1. The molecule has 2 rings (SSSR count). The standard InChI is InChI=1S/C62H119NO13/c1-3-5-7-9-11-13-15-17-19-21-23-24-25-26-28-29-31-33-35-37-39-41-43-45-51(66)50(63-54(67)46-44-42-40-38-36-34-32-30-27-22-20-18-16-14-12-10-8-6-4-2)49-73-61-59(72)57(70)60(53(48-65)75-61)76-62-58(71)56(69)55(68)52(47-64)74-62/h18,20,50-53,55-62,64-66,68-72H,3-17,19,21-49H2,1-2H3,(H,63,67)/b20-18-. The van der Waals surface area contributed by atoms with E-state index in [2.05, 4.69) is 31.3 Å². The van der Waals surface area contributed by atoms with Gasteiger partial charge in [0.25, 0.3) is 0 Å². The van der Waals surface area contributed by atoms with Crippen LogP contribution in [-0.4, -0.2) is 140 Å². The largest absolute Gasteiger partial charge is 0.394 e.